The quantitative estimate of drug-likeness (QED) is 0.653. The smallest absolute Gasteiger partial charge is 0.335 e. The first-order valence-electron chi connectivity index (χ1n) is 10.9. The van der Waals surface area contributed by atoms with Crippen LogP contribution in [0.25, 0.3) is 0 Å². The van der Waals surface area contributed by atoms with E-state index in [0.29, 0.717) is 0 Å². The van der Waals surface area contributed by atoms with Gasteiger partial charge in [-0.3, -0.25) is 4.79 Å². The van der Waals surface area contributed by atoms with E-state index in [2.05, 4.69) is 42.3 Å². The number of carboxylic acid groups (broad SMARTS) is 1. The maximum atomic E-state index is 12.8. The van der Waals surface area contributed by atoms with E-state index in [-0.39, 0.29) is 23.9 Å². The van der Waals surface area contributed by atoms with Gasteiger partial charge in [0.05, 0.1) is 18.0 Å². The van der Waals surface area contributed by atoms with Crippen LogP contribution >= 0.6 is 0 Å². The SMILES string of the molecule is CCCC(NC(=O)Cc1ccc(C(=O)O)cc1)c1ccc(C)cc1N1CCCCC1. The van der Waals surface area contributed by atoms with Crippen molar-refractivity contribution in [1.82, 2.24) is 5.32 Å². The van der Waals surface area contributed by atoms with Crippen molar-refractivity contribution in [2.24, 2.45) is 0 Å². The predicted molar refractivity (Wildman–Crippen MR) is 120 cm³/mol. The molecule has 1 atom stereocenters. The van der Waals surface area contributed by atoms with Crippen LogP contribution in [0.4, 0.5) is 5.69 Å². The van der Waals surface area contributed by atoms with Crippen molar-refractivity contribution in [3.05, 3.63) is 64.7 Å². The molecule has 0 aromatic heterocycles. The minimum absolute atomic E-state index is 0.0293. The van der Waals surface area contributed by atoms with E-state index < -0.39 is 5.97 Å². The number of anilines is 1. The normalized spacial score (nSPS) is 14.9. The summed E-state index contributed by atoms with van der Waals surface area (Å²) in [5.74, 6) is -1.000. The highest BCUT2D eigenvalue weighted by molar-refractivity contribution is 5.87. The van der Waals surface area contributed by atoms with Gasteiger partial charge in [0.2, 0.25) is 5.91 Å². The molecule has 2 N–H and O–H groups in total. The van der Waals surface area contributed by atoms with E-state index in [1.54, 1.807) is 24.3 Å². The third-order valence-corrected chi connectivity index (χ3v) is 5.74. The highest BCUT2D eigenvalue weighted by atomic mass is 16.4. The molecule has 160 valence electrons. The summed E-state index contributed by atoms with van der Waals surface area (Å²) in [5.41, 5.74) is 4.72. The lowest BCUT2D eigenvalue weighted by atomic mass is 9.96. The van der Waals surface area contributed by atoms with Crippen LogP contribution in [0.1, 0.15) is 72.1 Å². The van der Waals surface area contributed by atoms with Crippen molar-refractivity contribution < 1.29 is 14.7 Å². The Labute approximate surface area is 179 Å². The number of nitrogens with one attached hydrogen (secondary N) is 1. The first-order chi connectivity index (χ1) is 14.5. The lowest BCUT2D eigenvalue weighted by Crippen LogP contribution is -2.34. The molecule has 1 amide bonds. The standard InChI is InChI=1S/C25H32N2O3/c1-3-7-22(26-24(28)17-19-9-11-20(12-10-19)25(29)30)21-13-8-18(2)16-23(21)27-14-5-4-6-15-27/h8-13,16,22H,3-7,14-15,17H2,1-2H3,(H,26,28)(H,29,30). The van der Waals surface area contributed by atoms with Crippen LogP contribution in [0, 0.1) is 6.92 Å². The minimum Gasteiger partial charge on any atom is -0.478 e. The maximum absolute atomic E-state index is 12.8. The molecule has 1 heterocycles. The number of rotatable bonds is 8. The molecule has 1 aliphatic rings. The Bertz CT molecular complexity index is 870. The molecule has 0 saturated carbocycles. The fraction of sp³-hybridized carbons (Fsp3) is 0.440. The summed E-state index contributed by atoms with van der Waals surface area (Å²) in [7, 11) is 0. The van der Waals surface area contributed by atoms with Crippen LogP contribution in [0.2, 0.25) is 0 Å². The molecule has 0 radical (unpaired) electrons. The highest BCUT2D eigenvalue weighted by Crippen LogP contribution is 2.32. The van der Waals surface area contributed by atoms with Gasteiger partial charge in [-0.2, -0.15) is 0 Å². The molecule has 0 spiro atoms. The third kappa shape index (κ3) is 5.62. The molecule has 5 heteroatoms. The van der Waals surface area contributed by atoms with Gasteiger partial charge >= 0.3 is 5.97 Å². The van der Waals surface area contributed by atoms with Crippen LogP contribution in [0.3, 0.4) is 0 Å². The van der Waals surface area contributed by atoms with E-state index in [1.165, 1.54) is 36.1 Å². The van der Waals surface area contributed by atoms with E-state index in [1.807, 2.05) is 0 Å². The Morgan fingerprint density at radius 1 is 1.07 bits per heavy atom. The van der Waals surface area contributed by atoms with Gasteiger partial charge in [-0.25, -0.2) is 4.79 Å². The number of aryl methyl sites for hydroxylation is 1. The van der Waals surface area contributed by atoms with Gasteiger partial charge in [-0.05, 0) is 67.5 Å². The summed E-state index contributed by atoms with van der Waals surface area (Å²) in [6.07, 6.45) is 5.81. The Morgan fingerprint density at radius 2 is 1.77 bits per heavy atom. The molecule has 0 aliphatic carbocycles. The van der Waals surface area contributed by atoms with Crippen LogP contribution in [0.15, 0.2) is 42.5 Å². The van der Waals surface area contributed by atoms with Crippen molar-refractivity contribution in [3.8, 4) is 0 Å². The summed E-state index contributed by atoms with van der Waals surface area (Å²) in [6.45, 7) is 6.39. The number of carboxylic acids is 1. The lowest BCUT2D eigenvalue weighted by molar-refractivity contribution is -0.121. The summed E-state index contributed by atoms with van der Waals surface area (Å²) >= 11 is 0. The number of piperidine rings is 1. The summed E-state index contributed by atoms with van der Waals surface area (Å²) in [5, 5.41) is 12.3. The van der Waals surface area contributed by atoms with Crippen molar-refractivity contribution in [1.29, 1.82) is 0 Å². The van der Waals surface area contributed by atoms with Crippen LogP contribution in [0.5, 0.6) is 0 Å². The average Bonchev–Trinajstić information content (AvgIpc) is 2.74. The molecule has 0 bridgehead atoms. The second kappa shape index (κ2) is 10.3. The van der Waals surface area contributed by atoms with E-state index in [4.69, 9.17) is 5.11 Å². The fourth-order valence-corrected chi connectivity index (χ4v) is 4.15. The number of benzene rings is 2. The zero-order valence-electron chi connectivity index (χ0n) is 18.0. The topological polar surface area (TPSA) is 69.6 Å². The van der Waals surface area contributed by atoms with E-state index in [9.17, 15) is 9.59 Å². The summed E-state index contributed by atoms with van der Waals surface area (Å²) in [6, 6.07) is 13.0. The zero-order valence-corrected chi connectivity index (χ0v) is 18.0. The number of amides is 1. The number of carbonyl (C=O) groups excluding carboxylic acids is 1. The van der Waals surface area contributed by atoms with Gasteiger partial charge in [0.25, 0.3) is 0 Å². The highest BCUT2D eigenvalue weighted by Gasteiger charge is 2.21. The maximum Gasteiger partial charge on any atom is 0.335 e. The molecule has 3 rings (SSSR count). The molecule has 30 heavy (non-hydrogen) atoms. The summed E-state index contributed by atoms with van der Waals surface area (Å²) in [4.78, 5) is 26.3. The molecule has 2 aromatic rings. The van der Waals surface area contributed by atoms with Gasteiger partial charge < -0.3 is 15.3 Å². The molecular weight excluding hydrogens is 376 g/mol. The lowest BCUT2D eigenvalue weighted by Gasteiger charge is -2.33. The zero-order chi connectivity index (χ0) is 21.5. The van der Waals surface area contributed by atoms with Crippen molar-refractivity contribution in [2.45, 2.75) is 58.4 Å². The first-order valence-corrected chi connectivity index (χ1v) is 10.9. The predicted octanol–water partition coefficient (Wildman–Crippen LogP) is 4.88. The van der Waals surface area contributed by atoms with Crippen molar-refractivity contribution in [3.63, 3.8) is 0 Å². The van der Waals surface area contributed by atoms with Crippen molar-refractivity contribution in [2.75, 3.05) is 18.0 Å². The fourth-order valence-electron chi connectivity index (χ4n) is 4.15. The summed E-state index contributed by atoms with van der Waals surface area (Å²) < 4.78 is 0. The van der Waals surface area contributed by atoms with Crippen LogP contribution in [-0.4, -0.2) is 30.1 Å². The first kappa shape index (κ1) is 21.9. The monoisotopic (exact) mass is 408 g/mol. The number of hydrogen-bond acceptors (Lipinski definition) is 3. The second-order valence-electron chi connectivity index (χ2n) is 8.20. The third-order valence-electron chi connectivity index (χ3n) is 5.74. The molecule has 1 aliphatic heterocycles. The number of aromatic carboxylic acids is 1. The van der Waals surface area contributed by atoms with Gasteiger partial charge in [-0.15, -0.1) is 0 Å². The second-order valence-corrected chi connectivity index (χ2v) is 8.20. The van der Waals surface area contributed by atoms with E-state index >= 15 is 0 Å². The van der Waals surface area contributed by atoms with Crippen LogP contribution in [-0.2, 0) is 11.2 Å². The largest absolute Gasteiger partial charge is 0.478 e. The van der Waals surface area contributed by atoms with Gasteiger partial charge in [0.1, 0.15) is 0 Å². The van der Waals surface area contributed by atoms with Gasteiger partial charge in [-0.1, -0.05) is 37.6 Å². The van der Waals surface area contributed by atoms with E-state index in [0.717, 1.165) is 31.5 Å². The minimum atomic E-state index is -0.960. The molecule has 1 unspecified atom stereocenters. The Balaban J connectivity index is 1.76. The van der Waals surface area contributed by atoms with Gasteiger partial charge in [0, 0.05) is 18.8 Å². The Morgan fingerprint density at radius 3 is 2.40 bits per heavy atom. The number of hydrogen-bond donors (Lipinski definition) is 2. The number of nitrogens with zero attached hydrogens (tertiary/aromatic N) is 1. The molecule has 5 nitrogen and oxygen atoms in total. The van der Waals surface area contributed by atoms with Crippen LogP contribution < -0.4 is 10.2 Å². The Hall–Kier alpha value is -2.82. The number of carbonyl (C=O) groups is 2. The molecular formula is C25H32N2O3. The van der Waals surface area contributed by atoms with Gasteiger partial charge in [0.15, 0.2) is 0 Å². The molecule has 1 saturated heterocycles. The van der Waals surface area contributed by atoms with Crippen molar-refractivity contribution >= 4 is 17.6 Å². The molecule has 1 fully saturated rings. The Kier molecular flexibility index (Phi) is 7.50. The average molecular weight is 409 g/mol. The molecule has 2 aromatic carbocycles.